The summed E-state index contributed by atoms with van der Waals surface area (Å²) in [5.74, 6) is -0.869. The van der Waals surface area contributed by atoms with Crippen molar-refractivity contribution in [3.8, 4) is 0 Å². The Kier molecular flexibility index (Phi) is 4.03. The van der Waals surface area contributed by atoms with E-state index in [0.29, 0.717) is 15.8 Å². The topological polar surface area (TPSA) is 69.4 Å². The summed E-state index contributed by atoms with van der Waals surface area (Å²) in [4.78, 5) is 22.5. The molecule has 0 aliphatic heterocycles. The third kappa shape index (κ3) is 3.35. The number of hydrogen-bond acceptors (Lipinski definition) is 5. The minimum Gasteiger partial charge on any atom is -0.457 e. The monoisotopic (exact) mass is 331 g/mol. The van der Waals surface area contributed by atoms with Crippen LogP contribution in [0.4, 0.5) is 10.1 Å². The van der Waals surface area contributed by atoms with Crippen LogP contribution >= 0.6 is 11.3 Å². The molecule has 0 fully saturated rings. The van der Waals surface area contributed by atoms with Gasteiger partial charge in [0.1, 0.15) is 17.3 Å². The lowest BCUT2D eigenvalue weighted by atomic mass is 10.2. The van der Waals surface area contributed by atoms with E-state index in [1.165, 1.54) is 47.7 Å². The molecule has 0 saturated carbocycles. The van der Waals surface area contributed by atoms with Gasteiger partial charge in [0.15, 0.2) is 0 Å². The van der Waals surface area contributed by atoms with Crippen molar-refractivity contribution >= 4 is 33.1 Å². The average Bonchev–Trinajstić information content (AvgIpc) is 2.96. The number of benzene rings is 2. The van der Waals surface area contributed by atoms with E-state index in [4.69, 9.17) is 4.74 Å². The van der Waals surface area contributed by atoms with Crippen molar-refractivity contribution in [2.24, 2.45) is 0 Å². The Morgan fingerprint density at radius 3 is 2.61 bits per heavy atom. The number of nitrogens with zero attached hydrogens (tertiary/aromatic N) is 1. The van der Waals surface area contributed by atoms with Gasteiger partial charge >= 0.3 is 5.97 Å². The summed E-state index contributed by atoms with van der Waals surface area (Å²) in [7, 11) is 0. The number of ether oxygens (including phenoxy) is 1. The number of hydrogen-bond donors (Lipinski definition) is 0. The number of nitro benzene ring substituents is 1. The van der Waals surface area contributed by atoms with Gasteiger partial charge in [-0.3, -0.25) is 10.1 Å². The molecule has 0 radical (unpaired) electrons. The molecule has 0 atom stereocenters. The zero-order chi connectivity index (χ0) is 16.4. The highest BCUT2D eigenvalue weighted by atomic mass is 32.1. The van der Waals surface area contributed by atoms with E-state index in [-0.39, 0.29) is 18.1 Å². The first-order valence-corrected chi connectivity index (χ1v) is 7.44. The maximum absolute atomic E-state index is 13.1. The molecule has 0 saturated heterocycles. The van der Waals surface area contributed by atoms with Crippen LogP contribution in [0.25, 0.3) is 10.1 Å². The second-order valence-electron chi connectivity index (χ2n) is 4.79. The highest BCUT2D eigenvalue weighted by Crippen LogP contribution is 2.27. The lowest BCUT2D eigenvalue weighted by Crippen LogP contribution is -2.03. The van der Waals surface area contributed by atoms with Gasteiger partial charge in [0.2, 0.25) is 0 Å². The Hall–Kier alpha value is -2.80. The number of halogens is 1. The summed E-state index contributed by atoms with van der Waals surface area (Å²) in [6.07, 6.45) is 0. The van der Waals surface area contributed by atoms with Gasteiger partial charge in [-0.05, 0) is 47.3 Å². The van der Waals surface area contributed by atoms with E-state index < -0.39 is 10.9 Å². The molecule has 5 nitrogen and oxygen atoms in total. The lowest BCUT2D eigenvalue weighted by molar-refractivity contribution is -0.384. The van der Waals surface area contributed by atoms with Gasteiger partial charge in [-0.1, -0.05) is 0 Å². The van der Waals surface area contributed by atoms with Crippen molar-refractivity contribution in [2.45, 2.75) is 6.61 Å². The predicted molar refractivity (Wildman–Crippen MR) is 84.0 cm³/mol. The van der Waals surface area contributed by atoms with Gasteiger partial charge in [0, 0.05) is 16.8 Å². The summed E-state index contributed by atoms with van der Waals surface area (Å²) >= 11 is 1.23. The molecule has 1 aromatic heterocycles. The third-order valence-electron chi connectivity index (χ3n) is 3.20. The van der Waals surface area contributed by atoms with E-state index in [9.17, 15) is 19.3 Å². The Bertz CT molecular complexity index is 889. The third-order valence-corrected chi connectivity index (χ3v) is 4.29. The van der Waals surface area contributed by atoms with Crippen LogP contribution in [-0.4, -0.2) is 10.9 Å². The summed E-state index contributed by atoms with van der Waals surface area (Å²) in [6.45, 7) is 0.0133. The number of rotatable bonds is 4. The highest BCUT2D eigenvalue weighted by Gasteiger charge is 2.13. The van der Waals surface area contributed by atoms with Crippen molar-refractivity contribution < 1.29 is 18.8 Å². The number of carbonyl (C=O) groups is 1. The molecule has 3 aromatic rings. The van der Waals surface area contributed by atoms with Crippen LogP contribution in [0.1, 0.15) is 15.2 Å². The first-order valence-electron chi connectivity index (χ1n) is 6.62. The second-order valence-corrected chi connectivity index (χ2v) is 5.88. The van der Waals surface area contributed by atoms with Gasteiger partial charge in [0.25, 0.3) is 5.69 Å². The Labute approximate surface area is 134 Å². The molecule has 0 N–H and O–H groups in total. The Morgan fingerprint density at radius 1 is 1.17 bits per heavy atom. The van der Waals surface area contributed by atoms with Crippen molar-refractivity contribution in [2.75, 3.05) is 0 Å². The predicted octanol–water partition coefficient (Wildman–Crippen LogP) is 4.31. The fourth-order valence-electron chi connectivity index (χ4n) is 2.05. The SMILES string of the molecule is O=C(OCc1ccc([N+](=O)[O-])cc1)c1cc2cc(F)ccc2s1. The number of esters is 1. The van der Waals surface area contributed by atoms with Crippen LogP contribution in [0.15, 0.2) is 48.5 Å². The number of carbonyl (C=O) groups excluding carboxylic acids is 1. The van der Waals surface area contributed by atoms with Crippen LogP contribution in [0.3, 0.4) is 0 Å². The van der Waals surface area contributed by atoms with Gasteiger partial charge in [0.05, 0.1) is 4.92 Å². The maximum Gasteiger partial charge on any atom is 0.348 e. The molecule has 0 aliphatic rings. The first-order chi connectivity index (χ1) is 11.0. The lowest BCUT2D eigenvalue weighted by Gasteiger charge is -2.03. The summed E-state index contributed by atoms with van der Waals surface area (Å²) in [5.41, 5.74) is 0.628. The molecule has 23 heavy (non-hydrogen) atoms. The van der Waals surface area contributed by atoms with E-state index in [1.54, 1.807) is 12.1 Å². The molecule has 0 aliphatic carbocycles. The van der Waals surface area contributed by atoms with E-state index in [0.717, 1.165) is 4.70 Å². The fourth-order valence-corrected chi connectivity index (χ4v) is 2.99. The van der Waals surface area contributed by atoms with Gasteiger partial charge in [-0.2, -0.15) is 0 Å². The van der Waals surface area contributed by atoms with E-state index in [1.807, 2.05) is 0 Å². The quantitative estimate of drug-likeness (QED) is 0.406. The number of nitro groups is 1. The van der Waals surface area contributed by atoms with Crippen molar-refractivity contribution in [1.29, 1.82) is 0 Å². The van der Waals surface area contributed by atoms with Crippen LogP contribution in [0.5, 0.6) is 0 Å². The van der Waals surface area contributed by atoms with E-state index in [2.05, 4.69) is 0 Å². The second kappa shape index (κ2) is 6.13. The Balaban J connectivity index is 1.69. The summed E-state index contributed by atoms with van der Waals surface area (Å²) < 4.78 is 19.1. The van der Waals surface area contributed by atoms with E-state index >= 15 is 0 Å². The molecule has 0 unspecified atom stereocenters. The fraction of sp³-hybridized carbons (Fsp3) is 0.0625. The number of non-ortho nitro benzene ring substituents is 1. The number of fused-ring (bicyclic) bond motifs is 1. The van der Waals surface area contributed by atoms with Crippen LogP contribution < -0.4 is 0 Å². The van der Waals surface area contributed by atoms with Crippen molar-refractivity contribution in [1.82, 2.24) is 0 Å². The molecule has 0 amide bonds. The van der Waals surface area contributed by atoms with Crippen LogP contribution in [0.2, 0.25) is 0 Å². The zero-order valence-corrected chi connectivity index (χ0v) is 12.5. The molecule has 2 aromatic carbocycles. The molecule has 0 bridgehead atoms. The zero-order valence-electron chi connectivity index (χ0n) is 11.7. The molecule has 7 heteroatoms. The first kappa shape index (κ1) is 15.1. The summed E-state index contributed by atoms with van der Waals surface area (Å²) in [6, 6.07) is 11.7. The minimum absolute atomic E-state index is 0.0133. The molecule has 0 spiro atoms. The molecule has 3 rings (SSSR count). The van der Waals surface area contributed by atoms with Crippen molar-refractivity contribution in [3.05, 3.63) is 74.9 Å². The standard InChI is InChI=1S/C16H10FNO4S/c17-12-3-6-14-11(7-12)8-15(23-14)16(19)22-9-10-1-4-13(5-2-10)18(20)21/h1-8H,9H2. The normalized spacial score (nSPS) is 10.7. The summed E-state index contributed by atoms with van der Waals surface area (Å²) in [5, 5.41) is 11.2. The largest absolute Gasteiger partial charge is 0.457 e. The average molecular weight is 331 g/mol. The minimum atomic E-state index is -0.509. The molecular formula is C16H10FNO4S. The van der Waals surface area contributed by atoms with Gasteiger partial charge < -0.3 is 4.74 Å². The molecular weight excluding hydrogens is 321 g/mol. The van der Waals surface area contributed by atoms with Crippen molar-refractivity contribution in [3.63, 3.8) is 0 Å². The van der Waals surface area contributed by atoms with Crippen LogP contribution in [0, 0.1) is 15.9 Å². The Morgan fingerprint density at radius 2 is 1.91 bits per heavy atom. The van der Waals surface area contributed by atoms with Gasteiger partial charge in [-0.25, -0.2) is 9.18 Å². The molecule has 116 valence electrons. The number of thiophene rings is 1. The smallest absolute Gasteiger partial charge is 0.348 e. The highest BCUT2D eigenvalue weighted by molar-refractivity contribution is 7.20. The van der Waals surface area contributed by atoms with Gasteiger partial charge in [-0.15, -0.1) is 11.3 Å². The van der Waals surface area contributed by atoms with Crippen LogP contribution in [-0.2, 0) is 11.3 Å². The maximum atomic E-state index is 13.1. The molecule has 1 heterocycles.